The lowest BCUT2D eigenvalue weighted by Gasteiger charge is -2.06. The van der Waals surface area contributed by atoms with Crippen LogP contribution in [0.4, 0.5) is 0 Å². The number of benzene rings is 1. The number of carboxylic acid groups (broad SMARTS) is 1. The topological polar surface area (TPSA) is 96.1 Å². The molecule has 1 aromatic carbocycles. The fourth-order valence-electron chi connectivity index (χ4n) is 1.48. The Morgan fingerprint density at radius 2 is 2.16 bits per heavy atom. The summed E-state index contributed by atoms with van der Waals surface area (Å²) in [6.45, 7) is 0. The summed E-state index contributed by atoms with van der Waals surface area (Å²) in [4.78, 5) is 18.4. The van der Waals surface area contributed by atoms with Crippen molar-refractivity contribution in [3.05, 3.63) is 47.9 Å². The Kier molecular flexibility index (Phi) is 3.69. The highest BCUT2D eigenvalue weighted by Crippen LogP contribution is 2.22. The number of carbonyl (C=O) groups is 1. The van der Waals surface area contributed by atoms with E-state index in [-0.39, 0.29) is 18.0 Å². The van der Waals surface area contributed by atoms with Crippen LogP contribution in [0.3, 0.4) is 0 Å². The zero-order valence-corrected chi connectivity index (χ0v) is 9.78. The molecule has 0 aliphatic rings. The van der Waals surface area contributed by atoms with Crippen molar-refractivity contribution >= 4 is 5.97 Å². The van der Waals surface area contributed by atoms with Gasteiger partial charge in [0.25, 0.3) is 5.88 Å². The normalized spacial score (nSPS) is 9.63. The van der Waals surface area contributed by atoms with Crippen molar-refractivity contribution in [2.75, 3.05) is 0 Å². The molecule has 94 valence electrons. The molecule has 19 heavy (non-hydrogen) atoms. The van der Waals surface area contributed by atoms with Crippen LogP contribution in [0, 0.1) is 11.3 Å². The van der Waals surface area contributed by atoms with E-state index in [1.807, 2.05) is 6.07 Å². The molecule has 6 nitrogen and oxygen atoms in total. The molecule has 0 bridgehead atoms. The van der Waals surface area contributed by atoms with Crippen LogP contribution in [-0.2, 0) is 11.2 Å². The summed E-state index contributed by atoms with van der Waals surface area (Å²) in [7, 11) is 0. The molecule has 0 fully saturated rings. The molecule has 0 aliphatic heterocycles. The number of nitrogens with zero attached hydrogens (tertiary/aromatic N) is 3. The van der Waals surface area contributed by atoms with Crippen molar-refractivity contribution in [1.29, 1.82) is 5.26 Å². The minimum atomic E-state index is -0.922. The number of aromatic nitrogens is 2. The molecule has 0 amide bonds. The number of ether oxygens (including phenoxy) is 1. The quantitative estimate of drug-likeness (QED) is 0.894. The molecule has 0 saturated carbocycles. The predicted octanol–water partition coefficient (Wildman–Crippen LogP) is 1.77. The fraction of sp³-hybridized carbons (Fsp3) is 0.0769. The maximum absolute atomic E-state index is 10.6. The van der Waals surface area contributed by atoms with Crippen molar-refractivity contribution in [2.45, 2.75) is 6.42 Å². The van der Waals surface area contributed by atoms with E-state index in [1.165, 1.54) is 12.4 Å². The van der Waals surface area contributed by atoms with Crippen molar-refractivity contribution in [3.8, 4) is 17.7 Å². The van der Waals surface area contributed by atoms with Gasteiger partial charge < -0.3 is 9.84 Å². The van der Waals surface area contributed by atoms with Crippen LogP contribution in [0.2, 0.25) is 0 Å². The van der Waals surface area contributed by atoms with Gasteiger partial charge in [-0.2, -0.15) is 5.26 Å². The molecule has 0 saturated heterocycles. The molecule has 2 aromatic rings. The summed E-state index contributed by atoms with van der Waals surface area (Å²) in [5.74, 6) is -0.414. The molecule has 0 radical (unpaired) electrons. The lowest BCUT2D eigenvalue weighted by atomic mass is 10.1. The largest absolute Gasteiger partial charge is 0.481 e. The van der Waals surface area contributed by atoms with Crippen LogP contribution in [0.15, 0.2) is 36.7 Å². The van der Waals surface area contributed by atoms with Gasteiger partial charge in [-0.05, 0) is 17.7 Å². The molecule has 0 aliphatic carbocycles. The maximum atomic E-state index is 10.6. The Balaban J connectivity index is 2.24. The van der Waals surface area contributed by atoms with E-state index in [0.717, 1.165) is 0 Å². The maximum Gasteiger partial charge on any atom is 0.307 e. The fourth-order valence-corrected chi connectivity index (χ4v) is 1.48. The molecular weight excluding hydrogens is 246 g/mol. The molecular formula is C13H9N3O3. The van der Waals surface area contributed by atoms with Gasteiger partial charge in [-0.3, -0.25) is 4.79 Å². The highest BCUT2D eigenvalue weighted by molar-refractivity contribution is 5.70. The standard InChI is InChI=1S/C13H9N3O3/c14-8-11-13(16-5-4-15-11)19-10-3-1-2-9(6-10)7-12(17)18/h1-6H,7H2,(H,17,18). The van der Waals surface area contributed by atoms with Gasteiger partial charge in [0, 0.05) is 12.4 Å². The van der Waals surface area contributed by atoms with Crippen molar-refractivity contribution < 1.29 is 14.6 Å². The Morgan fingerprint density at radius 3 is 2.89 bits per heavy atom. The Hall–Kier alpha value is -2.94. The van der Waals surface area contributed by atoms with Crippen molar-refractivity contribution in [3.63, 3.8) is 0 Å². The number of hydrogen-bond acceptors (Lipinski definition) is 5. The zero-order valence-electron chi connectivity index (χ0n) is 9.78. The lowest BCUT2D eigenvalue weighted by molar-refractivity contribution is -0.136. The third kappa shape index (κ3) is 3.26. The molecule has 0 atom stereocenters. The van der Waals surface area contributed by atoms with Crippen LogP contribution in [0.25, 0.3) is 0 Å². The predicted molar refractivity (Wildman–Crippen MR) is 64.6 cm³/mol. The van der Waals surface area contributed by atoms with Crippen LogP contribution in [-0.4, -0.2) is 21.0 Å². The van der Waals surface area contributed by atoms with E-state index < -0.39 is 5.97 Å². The molecule has 6 heteroatoms. The highest BCUT2D eigenvalue weighted by Gasteiger charge is 2.08. The average Bonchev–Trinajstić information content (AvgIpc) is 2.39. The second kappa shape index (κ2) is 5.60. The van der Waals surface area contributed by atoms with Gasteiger partial charge in [0.05, 0.1) is 6.42 Å². The molecule has 2 rings (SSSR count). The van der Waals surface area contributed by atoms with Crippen LogP contribution >= 0.6 is 0 Å². The summed E-state index contributed by atoms with van der Waals surface area (Å²) >= 11 is 0. The number of nitriles is 1. The van der Waals surface area contributed by atoms with E-state index in [4.69, 9.17) is 15.1 Å². The monoisotopic (exact) mass is 255 g/mol. The minimum absolute atomic E-state index is 0.0751. The van der Waals surface area contributed by atoms with Crippen LogP contribution in [0.1, 0.15) is 11.3 Å². The van der Waals surface area contributed by atoms with Gasteiger partial charge in [0.15, 0.2) is 0 Å². The van der Waals surface area contributed by atoms with E-state index in [1.54, 1.807) is 24.3 Å². The lowest BCUT2D eigenvalue weighted by Crippen LogP contribution is -2.00. The first-order valence-corrected chi connectivity index (χ1v) is 5.39. The smallest absolute Gasteiger partial charge is 0.307 e. The second-order valence-electron chi connectivity index (χ2n) is 3.64. The number of rotatable bonds is 4. The van der Waals surface area contributed by atoms with E-state index in [2.05, 4.69) is 9.97 Å². The third-order valence-corrected chi connectivity index (χ3v) is 2.24. The second-order valence-corrected chi connectivity index (χ2v) is 3.64. The first-order chi connectivity index (χ1) is 9.19. The summed E-state index contributed by atoms with van der Waals surface area (Å²) in [5, 5.41) is 17.6. The average molecular weight is 255 g/mol. The first kappa shape index (κ1) is 12.5. The summed E-state index contributed by atoms with van der Waals surface area (Å²) in [5.41, 5.74) is 0.679. The first-order valence-electron chi connectivity index (χ1n) is 5.39. The van der Waals surface area contributed by atoms with Gasteiger partial charge in [-0.1, -0.05) is 12.1 Å². The number of aliphatic carboxylic acids is 1. The molecule has 1 aromatic heterocycles. The molecule has 0 unspecified atom stereocenters. The van der Waals surface area contributed by atoms with Crippen molar-refractivity contribution in [1.82, 2.24) is 9.97 Å². The Bertz CT molecular complexity index is 650. The van der Waals surface area contributed by atoms with Crippen LogP contribution < -0.4 is 4.74 Å². The molecule has 0 spiro atoms. The highest BCUT2D eigenvalue weighted by atomic mass is 16.5. The SMILES string of the molecule is N#Cc1nccnc1Oc1cccc(CC(=O)O)c1. The van der Waals surface area contributed by atoms with Gasteiger partial charge >= 0.3 is 5.97 Å². The minimum Gasteiger partial charge on any atom is -0.481 e. The van der Waals surface area contributed by atoms with Gasteiger partial charge in [-0.15, -0.1) is 0 Å². The molecule has 1 heterocycles. The van der Waals surface area contributed by atoms with E-state index >= 15 is 0 Å². The van der Waals surface area contributed by atoms with Crippen LogP contribution in [0.5, 0.6) is 11.6 Å². The third-order valence-electron chi connectivity index (χ3n) is 2.24. The van der Waals surface area contributed by atoms with Gasteiger partial charge in [-0.25, -0.2) is 9.97 Å². The van der Waals surface area contributed by atoms with E-state index in [0.29, 0.717) is 11.3 Å². The number of carboxylic acids is 1. The van der Waals surface area contributed by atoms with Crippen molar-refractivity contribution in [2.24, 2.45) is 0 Å². The summed E-state index contributed by atoms with van der Waals surface area (Å²) in [6.07, 6.45) is 2.71. The Morgan fingerprint density at radius 1 is 1.37 bits per heavy atom. The zero-order chi connectivity index (χ0) is 13.7. The summed E-state index contributed by atoms with van der Waals surface area (Å²) < 4.78 is 5.43. The van der Waals surface area contributed by atoms with Gasteiger partial charge in [0.1, 0.15) is 11.8 Å². The molecule has 1 N–H and O–H groups in total. The van der Waals surface area contributed by atoms with Gasteiger partial charge in [0.2, 0.25) is 5.69 Å². The van der Waals surface area contributed by atoms with E-state index in [9.17, 15) is 4.79 Å². The number of hydrogen-bond donors (Lipinski definition) is 1. The summed E-state index contributed by atoms with van der Waals surface area (Å²) in [6, 6.07) is 8.47. The Labute approximate surface area is 108 Å².